The quantitative estimate of drug-likeness (QED) is 0.605. The van der Waals surface area contributed by atoms with Crippen molar-refractivity contribution in [1.82, 2.24) is 0 Å². The molecule has 0 radical (unpaired) electrons. The lowest BCUT2D eigenvalue weighted by atomic mass is 10.1. The maximum Gasteiger partial charge on any atom is 0.310 e. The molecule has 0 atom stereocenters. The number of hydrogen-bond donors (Lipinski definition) is 0. The fourth-order valence-corrected chi connectivity index (χ4v) is 2.08. The molecule has 2 aromatic carbocycles. The van der Waals surface area contributed by atoms with Gasteiger partial charge in [0.25, 0.3) is 0 Å². The molecule has 2 rings (SSSR count). The van der Waals surface area contributed by atoms with Crippen LogP contribution in [0.15, 0.2) is 48.5 Å². The van der Waals surface area contributed by atoms with Crippen LogP contribution in [0.4, 0.5) is 0 Å². The van der Waals surface area contributed by atoms with Crippen LogP contribution >= 0.6 is 11.6 Å². The average molecular weight is 319 g/mol. The van der Waals surface area contributed by atoms with Gasteiger partial charge in [0.05, 0.1) is 13.5 Å². The van der Waals surface area contributed by atoms with Gasteiger partial charge < -0.3 is 9.47 Å². The number of Topliss-reactive ketones (excluding diaryl/α,β-unsaturated/α-hetero) is 1. The van der Waals surface area contributed by atoms with E-state index < -0.39 is 5.97 Å². The van der Waals surface area contributed by atoms with Crippen LogP contribution in [0.3, 0.4) is 0 Å². The summed E-state index contributed by atoms with van der Waals surface area (Å²) < 4.78 is 10.1. The number of carbonyl (C=O) groups is 2. The zero-order valence-electron chi connectivity index (χ0n) is 12.0. The third-order valence-corrected chi connectivity index (χ3v) is 3.23. The smallest absolute Gasteiger partial charge is 0.310 e. The Kier molecular flexibility index (Phi) is 5.55. The maximum atomic E-state index is 11.9. The minimum absolute atomic E-state index is 0.0834. The molecule has 4 nitrogen and oxygen atoms in total. The van der Waals surface area contributed by atoms with Gasteiger partial charge in [0.2, 0.25) is 0 Å². The highest BCUT2D eigenvalue weighted by molar-refractivity contribution is 6.31. The van der Waals surface area contributed by atoms with Crippen LogP contribution in [0.2, 0.25) is 5.02 Å². The summed E-state index contributed by atoms with van der Waals surface area (Å²) in [6.45, 7) is -0.302. The van der Waals surface area contributed by atoms with E-state index in [0.29, 0.717) is 16.3 Å². The molecule has 0 saturated carbocycles. The molecular weight excluding hydrogens is 304 g/mol. The van der Waals surface area contributed by atoms with Crippen LogP contribution < -0.4 is 4.74 Å². The van der Waals surface area contributed by atoms with E-state index in [2.05, 4.69) is 0 Å². The Balaban J connectivity index is 1.88. The predicted molar refractivity (Wildman–Crippen MR) is 83.4 cm³/mol. The third kappa shape index (κ3) is 4.60. The Labute approximate surface area is 133 Å². The van der Waals surface area contributed by atoms with Crippen molar-refractivity contribution in [3.63, 3.8) is 0 Å². The van der Waals surface area contributed by atoms with E-state index in [1.807, 2.05) is 0 Å². The number of rotatable bonds is 6. The Bertz CT molecular complexity index is 682. The number of ether oxygens (including phenoxy) is 2. The second-order valence-corrected chi connectivity index (χ2v) is 5.06. The molecule has 0 aliphatic rings. The van der Waals surface area contributed by atoms with Crippen molar-refractivity contribution >= 4 is 23.4 Å². The number of esters is 1. The van der Waals surface area contributed by atoms with Gasteiger partial charge in [0.1, 0.15) is 5.75 Å². The fraction of sp³-hybridized carbons (Fsp3) is 0.176. The first kappa shape index (κ1) is 16.0. The molecule has 0 aliphatic heterocycles. The molecule has 0 aromatic heterocycles. The van der Waals surface area contributed by atoms with Gasteiger partial charge in [-0.1, -0.05) is 35.9 Å². The maximum absolute atomic E-state index is 11.9. The number of benzene rings is 2. The van der Waals surface area contributed by atoms with Crippen molar-refractivity contribution in [1.29, 1.82) is 0 Å². The molecule has 0 bridgehead atoms. The van der Waals surface area contributed by atoms with E-state index >= 15 is 0 Å². The summed E-state index contributed by atoms with van der Waals surface area (Å²) in [5.41, 5.74) is 1.18. The second-order valence-electron chi connectivity index (χ2n) is 4.62. The second kappa shape index (κ2) is 7.61. The number of methoxy groups -OCH3 is 1. The Morgan fingerprint density at radius 3 is 2.59 bits per heavy atom. The van der Waals surface area contributed by atoms with Crippen LogP contribution in [0.1, 0.15) is 15.9 Å². The van der Waals surface area contributed by atoms with Crippen molar-refractivity contribution in [3.05, 3.63) is 64.7 Å². The van der Waals surface area contributed by atoms with Crippen molar-refractivity contribution in [2.24, 2.45) is 0 Å². The van der Waals surface area contributed by atoms with Crippen LogP contribution in [0.5, 0.6) is 5.75 Å². The molecule has 0 N–H and O–H groups in total. The summed E-state index contributed by atoms with van der Waals surface area (Å²) >= 11 is 5.82. The number of halogens is 1. The summed E-state index contributed by atoms with van der Waals surface area (Å²) in [6.07, 6.45) is 0.0834. The van der Waals surface area contributed by atoms with Crippen LogP contribution in [-0.2, 0) is 16.0 Å². The normalized spacial score (nSPS) is 10.1. The fourth-order valence-electron chi connectivity index (χ4n) is 1.89. The first-order chi connectivity index (χ1) is 10.6. The molecular formula is C17H15ClO4. The minimum atomic E-state index is -0.469. The number of hydrogen-bond acceptors (Lipinski definition) is 4. The van der Waals surface area contributed by atoms with E-state index in [9.17, 15) is 9.59 Å². The monoisotopic (exact) mass is 318 g/mol. The van der Waals surface area contributed by atoms with E-state index in [1.54, 1.807) is 55.6 Å². The highest BCUT2D eigenvalue weighted by atomic mass is 35.5. The molecule has 0 aliphatic carbocycles. The third-order valence-electron chi connectivity index (χ3n) is 2.99. The first-order valence-corrected chi connectivity index (χ1v) is 7.03. The van der Waals surface area contributed by atoms with Gasteiger partial charge >= 0.3 is 5.97 Å². The Hall–Kier alpha value is -2.33. The largest absolute Gasteiger partial charge is 0.497 e. The topological polar surface area (TPSA) is 52.6 Å². The molecule has 2 aromatic rings. The van der Waals surface area contributed by atoms with E-state index in [-0.39, 0.29) is 18.8 Å². The average Bonchev–Trinajstić information content (AvgIpc) is 2.52. The number of ketones is 1. The zero-order chi connectivity index (χ0) is 15.9. The molecule has 0 unspecified atom stereocenters. The van der Waals surface area contributed by atoms with Crippen LogP contribution in [0, 0.1) is 0 Å². The Morgan fingerprint density at radius 2 is 1.86 bits per heavy atom. The van der Waals surface area contributed by atoms with Crippen molar-refractivity contribution in [3.8, 4) is 5.75 Å². The summed E-state index contributed by atoms with van der Waals surface area (Å²) in [4.78, 5) is 23.7. The lowest BCUT2D eigenvalue weighted by Gasteiger charge is -2.06. The van der Waals surface area contributed by atoms with Crippen molar-refractivity contribution < 1.29 is 19.1 Å². The predicted octanol–water partition coefficient (Wildman–Crippen LogP) is 3.32. The van der Waals surface area contributed by atoms with E-state index in [1.165, 1.54) is 0 Å². The van der Waals surface area contributed by atoms with Gasteiger partial charge in [0.15, 0.2) is 12.4 Å². The van der Waals surface area contributed by atoms with Crippen LogP contribution in [0.25, 0.3) is 0 Å². The molecule has 0 saturated heterocycles. The molecule has 0 amide bonds. The first-order valence-electron chi connectivity index (χ1n) is 6.66. The molecule has 114 valence electrons. The minimum Gasteiger partial charge on any atom is -0.497 e. The van der Waals surface area contributed by atoms with Gasteiger partial charge in [-0.2, -0.15) is 0 Å². The molecule has 0 spiro atoms. The van der Waals surface area contributed by atoms with Gasteiger partial charge in [-0.05, 0) is 29.8 Å². The van der Waals surface area contributed by atoms with Gasteiger partial charge in [-0.3, -0.25) is 9.59 Å². The van der Waals surface area contributed by atoms with E-state index in [0.717, 1.165) is 5.56 Å². The summed E-state index contributed by atoms with van der Waals surface area (Å²) in [7, 11) is 1.56. The highest BCUT2D eigenvalue weighted by Gasteiger charge is 2.11. The van der Waals surface area contributed by atoms with Gasteiger partial charge in [-0.25, -0.2) is 0 Å². The van der Waals surface area contributed by atoms with Gasteiger partial charge in [0, 0.05) is 10.6 Å². The summed E-state index contributed by atoms with van der Waals surface area (Å²) in [5.74, 6) is -0.0922. The Morgan fingerprint density at radius 1 is 1.09 bits per heavy atom. The zero-order valence-corrected chi connectivity index (χ0v) is 12.8. The van der Waals surface area contributed by atoms with E-state index in [4.69, 9.17) is 21.1 Å². The standard InChI is InChI=1S/C17H15ClO4/c1-21-15-7-2-4-12(8-15)9-17(20)22-11-16(19)13-5-3-6-14(18)10-13/h2-8,10H,9,11H2,1H3. The molecule has 0 fully saturated rings. The highest BCUT2D eigenvalue weighted by Crippen LogP contribution is 2.14. The van der Waals surface area contributed by atoms with Crippen molar-refractivity contribution in [2.45, 2.75) is 6.42 Å². The summed E-state index contributed by atoms with van der Waals surface area (Å²) in [5, 5.41) is 0.466. The lowest BCUT2D eigenvalue weighted by Crippen LogP contribution is -2.15. The molecule has 5 heteroatoms. The number of carbonyl (C=O) groups excluding carboxylic acids is 2. The van der Waals surface area contributed by atoms with Crippen molar-refractivity contribution in [2.75, 3.05) is 13.7 Å². The molecule has 22 heavy (non-hydrogen) atoms. The SMILES string of the molecule is COc1cccc(CC(=O)OCC(=O)c2cccc(Cl)c2)c1. The molecule has 0 heterocycles. The summed E-state index contributed by atoms with van der Waals surface area (Å²) in [6, 6.07) is 13.6. The van der Waals surface area contributed by atoms with Gasteiger partial charge in [-0.15, -0.1) is 0 Å². The van der Waals surface area contributed by atoms with Crippen LogP contribution in [-0.4, -0.2) is 25.5 Å². The lowest BCUT2D eigenvalue weighted by molar-refractivity contribution is -0.141.